The monoisotopic (exact) mass is 458 g/mol. The first kappa shape index (κ1) is 21.6. The largest absolute Gasteiger partial charge is 0.331 e. The van der Waals surface area contributed by atoms with Crippen molar-refractivity contribution in [1.82, 2.24) is 0 Å². The number of rotatable bonds is 4. The Morgan fingerprint density at radius 2 is 1.10 bits per heavy atom. The first-order valence-electron chi connectivity index (χ1n) is 8.63. The Morgan fingerprint density at radius 3 is 1.50 bits per heavy atom. The fourth-order valence-corrected chi connectivity index (χ4v) is 4.28. The van der Waals surface area contributed by atoms with Crippen molar-refractivity contribution >= 4 is 44.3 Å². The van der Waals surface area contributed by atoms with Crippen LogP contribution in [0.1, 0.15) is 5.56 Å². The van der Waals surface area contributed by atoms with Gasteiger partial charge in [-0.05, 0) is 53.1 Å². The van der Waals surface area contributed by atoms with Crippen LogP contribution in [0.3, 0.4) is 0 Å². The van der Waals surface area contributed by atoms with Crippen molar-refractivity contribution in [2.75, 3.05) is 0 Å². The second-order valence-electron chi connectivity index (χ2n) is 6.17. The maximum absolute atomic E-state index is 10.7. The van der Waals surface area contributed by atoms with Crippen LogP contribution >= 0.6 is 34.3 Å². The molecular weight excluding hydrogens is 444 g/mol. The highest BCUT2D eigenvalue weighted by Crippen LogP contribution is 2.35. The third-order valence-corrected chi connectivity index (χ3v) is 6.12. The molecule has 0 atom stereocenters. The Labute approximate surface area is 185 Å². The molecule has 0 amide bonds. The third-order valence-electron chi connectivity index (χ3n) is 4.14. The number of hydrogen-bond acceptors (Lipinski definition) is 6. The molecule has 2 aromatic heterocycles. The number of thiophene rings is 2. The van der Waals surface area contributed by atoms with Gasteiger partial charge in [0.05, 0.1) is 21.0 Å². The van der Waals surface area contributed by atoms with E-state index in [-0.39, 0.29) is 19.8 Å². The van der Waals surface area contributed by atoms with E-state index in [2.05, 4.69) is 0 Å². The zero-order valence-electron chi connectivity index (χ0n) is 15.7. The Morgan fingerprint density at radius 1 is 0.700 bits per heavy atom. The summed E-state index contributed by atoms with van der Waals surface area (Å²) >= 11 is 8.03. The van der Waals surface area contributed by atoms with E-state index in [1.54, 1.807) is 47.2 Å². The summed E-state index contributed by atoms with van der Waals surface area (Å²) in [5.74, 6) is 0. The summed E-state index contributed by atoms with van der Waals surface area (Å²) < 4.78 is 0. The van der Waals surface area contributed by atoms with E-state index in [0.717, 1.165) is 39.4 Å². The van der Waals surface area contributed by atoms with Gasteiger partial charge in [-0.3, -0.25) is 20.2 Å². The van der Waals surface area contributed by atoms with Crippen molar-refractivity contribution in [2.45, 2.75) is 6.92 Å². The molecule has 2 aromatic carbocycles. The molecule has 0 bridgehead atoms. The molecule has 0 saturated carbocycles. The Kier molecular flexibility index (Phi) is 6.94. The number of hydrogen-bond donors (Lipinski definition) is 0. The van der Waals surface area contributed by atoms with Gasteiger partial charge in [0.1, 0.15) is 0 Å². The van der Waals surface area contributed by atoms with Crippen LogP contribution in [0.2, 0.25) is 5.02 Å². The van der Waals surface area contributed by atoms with Gasteiger partial charge in [0.15, 0.2) is 0 Å². The highest BCUT2D eigenvalue weighted by molar-refractivity contribution is 7.14. The minimum atomic E-state index is -0.366. The van der Waals surface area contributed by atoms with Gasteiger partial charge in [-0.15, -0.1) is 0 Å². The molecule has 4 rings (SSSR count). The number of aryl methyl sites for hydroxylation is 1. The van der Waals surface area contributed by atoms with E-state index in [1.807, 2.05) is 31.2 Å². The quantitative estimate of drug-likeness (QED) is 0.232. The van der Waals surface area contributed by atoms with Crippen LogP contribution in [0.25, 0.3) is 22.3 Å². The summed E-state index contributed by atoms with van der Waals surface area (Å²) in [6.07, 6.45) is 0. The topological polar surface area (TPSA) is 86.3 Å². The normalized spacial score (nSPS) is 10.2. The highest BCUT2D eigenvalue weighted by Gasteiger charge is 2.17. The lowest BCUT2D eigenvalue weighted by Crippen LogP contribution is -1.86. The maximum Gasteiger partial charge on any atom is 0.331 e. The van der Waals surface area contributed by atoms with Crippen LogP contribution in [0, 0.1) is 27.2 Å². The molecule has 30 heavy (non-hydrogen) atoms. The van der Waals surface area contributed by atoms with Gasteiger partial charge in [0, 0.05) is 5.02 Å². The van der Waals surface area contributed by atoms with Crippen LogP contribution in [0.5, 0.6) is 0 Å². The summed E-state index contributed by atoms with van der Waals surface area (Å²) in [5.41, 5.74) is 4.20. The summed E-state index contributed by atoms with van der Waals surface area (Å²) in [4.78, 5) is 20.8. The smallest absolute Gasteiger partial charge is 0.258 e. The molecule has 0 spiro atoms. The molecule has 0 fully saturated rings. The molecule has 0 radical (unpaired) electrons. The van der Waals surface area contributed by atoms with Crippen LogP contribution in [0.15, 0.2) is 71.4 Å². The first-order chi connectivity index (χ1) is 14.4. The highest BCUT2D eigenvalue weighted by atomic mass is 35.5. The molecule has 6 nitrogen and oxygen atoms in total. The van der Waals surface area contributed by atoms with Gasteiger partial charge in [-0.2, -0.15) is 0 Å². The molecule has 152 valence electrons. The van der Waals surface area contributed by atoms with E-state index in [4.69, 9.17) is 11.6 Å². The summed E-state index contributed by atoms with van der Waals surface area (Å²) in [5, 5.41) is 25.9. The van der Waals surface area contributed by atoms with Crippen LogP contribution in [-0.4, -0.2) is 9.85 Å². The lowest BCUT2D eigenvalue weighted by Gasteiger charge is -1.98. The number of halogens is 1. The minimum Gasteiger partial charge on any atom is -0.258 e. The van der Waals surface area contributed by atoms with E-state index in [9.17, 15) is 20.2 Å². The first-order valence-corrected chi connectivity index (χ1v) is 10.8. The van der Waals surface area contributed by atoms with Crippen LogP contribution in [-0.2, 0) is 0 Å². The van der Waals surface area contributed by atoms with Crippen molar-refractivity contribution in [2.24, 2.45) is 0 Å². The lowest BCUT2D eigenvalue weighted by molar-refractivity contribution is -0.379. The SMILES string of the molecule is Cc1ccc(-c2ccsc2[N+](=O)[O-])cc1.O=[N+]([O-])c1sccc1-c1ccc(Cl)cc1. The standard InChI is InChI=1S/C11H9NO2S.C10H6ClNO2S/c1-8-2-4-9(5-3-8)10-6-7-15-11(10)12(13)14;11-8-3-1-7(2-4-8)9-5-6-15-10(9)12(13)14/h2-7H,1H3;1-6H. The van der Waals surface area contributed by atoms with Gasteiger partial charge < -0.3 is 0 Å². The number of nitro groups is 2. The molecule has 0 saturated heterocycles. The Bertz CT molecular complexity index is 1070. The molecule has 2 heterocycles. The fraction of sp³-hybridized carbons (Fsp3) is 0.0476. The van der Waals surface area contributed by atoms with Gasteiger partial charge >= 0.3 is 10.0 Å². The molecule has 0 aliphatic carbocycles. The van der Waals surface area contributed by atoms with Crippen molar-refractivity contribution in [1.29, 1.82) is 0 Å². The van der Waals surface area contributed by atoms with Gasteiger partial charge in [-0.1, -0.05) is 76.2 Å². The van der Waals surface area contributed by atoms with Crippen LogP contribution in [0.4, 0.5) is 10.0 Å². The molecule has 0 N–H and O–H groups in total. The molecule has 0 unspecified atom stereocenters. The second kappa shape index (κ2) is 9.62. The van der Waals surface area contributed by atoms with Gasteiger partial charge in [0.25, 0.3) is 0 Å². The predicted octanol–water partition coefficient (Wildman–Crippen LogP) is 7.61. The fourth-order valence-electron chi connectivity index (χ4n) is 2.69. The predicted molar refractivity (Wildman–Crippen MR) is 123 cm³/mol. The van der Waals surface area contributed by atoms with Gasteiger partial charge in [0.2, 0.25) is 0 Å². The van der Waals surface area contributed by atoms with Crippen molar-refractivity contribution in [3.05, 3.63) is 102 Å². The molecular formula is C21H15ClN2O4S2. The van der Waals surface area contributed by atoms with Crippen molar-refractivity contribution in [3.8, 4) is 22.3 Å². The molecule has 0 aliphatic rings. The molecule has 9 heteroatoms. The lowest BCUT2D eigenvalue weighted by atomic mass is 10.1. The maximum atomic E-state index is 10.7. The van der Waals surface area contributed by atoms with E-state index < -0.39 is 0 Å². The van der Waals surface area contributed by atoms with E-state index in [0.29, 0.717) is 16.1 Å². The minimum absolute atomic E-state index is 0.164. The molecule has 0 aliphatic heterocycles. The second-order valence-corrected chi connectivity index (χ2v) is 8.39. The number of benzene rings is 2. The van der Waals surface area contributed by atoms with E-state index in [1.165, 1.54) is 0 Å². The molecule has 4 aromatic rings. The summed E-state index contributed by atoms with van der Waals surface area (Å²) in [7, 11) is 0. The average Bonchev–Trinajstić information content (AvgIpc) is 3.40. The van der Waals surface area contributed by atoms with Gasteiger partial charge in [-0.25, -0.2) is 0 Å². The zero-order chi connectivity index (χ0) is 21.7. The average molecular weight is 459 g/mol. The van der Waals surface area contributed by atoms with Crippen molar-refractivity contribution in [3.63, 3.8) is 0 Å². The third kappa shape index (κ3) is 5.10. The van der Waals surface area contributed by atoms with Crippen molar-refractivity contribution < 1.29 is 9.85 Å². The van der Waals surface area contributed by atoms with Crippen LogP contribution < -0.4 is 0 Å². The zero-order valence-corrected chi connectivity index (χ0v) is 18.0. The summed E-state index contributed by atoms with van der Waals surface area (Å²) in [6.45, 7) is 1.99. The number of nitrogens with zero attached hydrogens (tertiary/aromatic N) is 2. The summed E-state index contributed by atoms with van der Waals surface area (Å²) in [6, 6.07) is 18.2. The Balaban J connectivity index is 0.000000171. The van der Waals surface area contributed by atoms with E-state index >= 15 is 0 Å². The Hall–Kier alpha value is -3.07.